The number of amides is 2. The first-order valence-corrected chi connectivity index (χ1v) is 8.72. The summed E-state index contributed by atoms with van der Waals surface area (Å²) in [5, 5.41) is 10.5. The van der Waals surface area contributed by atoms with E-state index in [9.17, 15) is 9.59 Å². The molecule has 2 rings (SSSR count). The molecule has 0 radical (unpaired) electrons. The molecule has 2 heterocycles. The molecule has 0 saturated carbocycles. The van der Waals surface area contributed by atoms with Crippen molar-refractivity contribution in [2.75, 3.05) is 6.54 Å². The zero-order valence-electron chi connectivity index (χ0n) is 15.8. The Balaban J connectivity index is 2.45. The number of aromatic nitrogens is 3. The minimum Gasteiger partial charge on any atom is -0.355 e. The summed E-state index contributed by atoms with van der Waals surface area (Å²) in [6, 6.07) is 1.31. The van der Waals surface area contributed by atoms with Gasteiger partial charge in [-0.1, -0.05) is 13.8 Å². The molecule has 0 bridgehead atoms. The third-order valence-electron chi connectivity index (χ3n) is 4.00. The van der Waals surface area contributed by atoms with Crippen LogP contribution >= 0.6 is 0 Å². The van der Waals surface area contributed by atoms with Crippen LogP contribution in [0.1, 0.15) is 69.6 Å². The van der Waals surface area contributed by atoms with E-state index in [-0.39, 0.29) is 23.8 Å². The highest BCUT2D eigenvalue weighted by molar-refractivity contribution is 6.06. The van der Waals surface area contributed by atoms with Gasteiger partial charge in [0.25, 0.3) is 5.91 Å². The standard InChI is InChI=1S/C18H27N5O2/c1-7-19-17(24)12(6)21-18(25)13-8-15(10(2)3)22-16-14(13)9-20-23(16)11(4)5/h8-12H,7H2,1-6H3,(H,19,24)(H,21,25). The number of carbonyl (C=O) groups is 2. The smallest absolute Gasteiger partial charge is 0.252 e. The summed E-state index contributed by atoms with van der Waals surface area (Å²) < 4.78 is 1.81. The van der Waals surface area contributed by atoms with Crippen LogP contribution in [0.15, 0.2) is 12.3 Å². The van der Waals surface area contributed by atoms with E-state index in [4.69, 9.17) is 0 Å². The summed E-state index contributed by atoms with van der Waals surface area (Å²) in [4.78, 5) is 29.3. The van der Waals surface area contributed by atoms with Crippen LogP contribution in [0.4, 0.5) is 0 Å². The minimum atomic E-state index is -0.613. The Morgan fingerprint density at radius 2 is 1.88 bits per heavy atom. The van der Waals surface area contributed by atoms with Gasteiger partial charge in [-0.2, -0.15) is 5.10 Å². The van der Waals surface area contributed by atoms with Crippen molar-refractivity contribution < 1.29 is 9.59 Å². The van der Waals surface area contributed by atoms with Gasteiger partial charge in [0.1, 0.15) is 6.04 Å². The van der Waals surface area contributed by atoms with Gasteiger partial charge in [0.2, 0.25) is 5.91 Å². The van der Waals surface area contributed by atoms with Gasteiger partial charge in [-0.05, 0) is 39.7 Å². The van der Waals surface area contributed by atoms with Crippen LogP contribution in [0.3, 0.4) is 0 Å². The molecule has 0 aliphatic heterocycles. The molecule has 0 aliphatic rings. The number of rotatable bonds is 6. The second kappa shape index (κ2) is 7.63. The topological polar surface area (TPSA) is 88.9 Å². The normalized spacial score (nSPS) is 12.6. The van der Waals surface area contributed by atoms with Gasteiger partial charge in [-0.3, -0.25) is 9.59 Å². The molecule has 0 aliphatic carbocycles. The average Bonchev–Trinajstić information content (AvgIpc) is 2.97. The van der Waals surface area contributed by atoms with Crippen molar-refractivity contribution in [1.82, 2.24) is 25.4 Å². The van der Waals surface area contributed by atoms with E-state index < -0.39 is 6.04 Å². The van der Waals surface area contributed by atoms with Crippen molar-refractivity contribution in [2.45, 2.75) is 59.5 Å². The Morgan fingerprint density at radius 1 is 1.20 bits per heavy atom. The predicted octanol–water partition coefficient (Wildman–Crippen LogP) is 2.39. The number of likely N-dealkylation sites (N-methyl/N-ethyl adjacent to an activating group) is 1. The van der Waals surface area contributed by atoms with Gasteiger partial charge < -0.3 is 10.6 Å². The number of hydrogen-bond acceptors (Lipinski definition) is 4. The van der Waals surface area contributed by atoms with Gasteiger partial charge >= 0.3 is 0 Å². The lowest BCUT2D eigenvalue weighted by molar-refractivity contribution is -0.122. The van der Waals surface area contributed by atoms with Gasteiger partial charge in [-0.25, -0.2) is 9.67 Å². The maximum Gasteiger partial charge on any atom is 0.252 e. The molecule has 0 aromatic carbocycles. The molecule has 2 amide bonds. The Labute approximate surface area is 148 Å². The van der Waals surface area contributed by atoms with Gasteiger partial charge in [0, 0.05) is 18.3 Å². The molecule has 1 atom stereocenters. The lowest BCUT2D eigenvalue weighted by Gasteiger charge is -2.15. The Morgan fingerprint density at radius 3 is 2.44 bits per heavy atom. The molecule has 1 unspecified atom stereocenters. The van der Waals surface area contributed by atoms with E-state index in [0.29, 0.717) is 23.1 Å². The van der Waals surface area contributed by atoms with Crippen molar-refractivity contribution in [3.05, 3.63) is 23.5 Å². The van der Waals surface area contributed by atoms with Gasteiger partial charge in [0.05, 0.1) is 17.1 Å². The predicted molar refractivity (Wildman–Crippen MR) is 97.6 cm³/mol. The Hall–Kier alpha value is -2.44. The molecule has 2 N–H and O–H groups in total. The summed E-state index contributed by atoms with van der Waals surface area (Å²) in [6.07, 6.45) is 1.66. The third kappa shape index (κ3) is 3.97. The SMILES string of the molecule is CCNC(=O)C(C)NC(=O)c1cc(C(C)C)nc2c1cnn2C(C)C. The number of hydrogen-bond donors (Lipinski definition) is 2. The zero-order valence-corrected chi connectivity index (χ0v) is 15.8. The highest BCUT2D eigenvalue weighted by atomic mass is 16.2. The lowest BCUT2D eigenvalue weighted by atomic mass is 10.0. The quantitative estimate of drug-likeness (QED) is 0.841. The van der Waals surface area contributed by atoms with Crippen LogP contribution in [0.2, 0.25) is 0 Å². The second-order valence-corrected chi connectivity index (χ2v) is 6.76. The molecule has 136 valence electrons. The molecule has 2 aromatic heterocycles. The molecule has 25 heavy (non-hydrogen) atoms. The molecule has 0 fully saturated rings. The van der Waals surface area contributed by atoms with Crippen LogP contribution in [0.25, 0.3) is 11.0 Å². The van der Waals surface area contributed by atoms with Crippen molar-refractivity contribution in [3.8, 4) is 0 Å². The number of fused-ring (bicyclic) bond motifs is 1. The molecule has 7 heteroatoms. The highest BCUT2D eigenvalue weighted by Crippen LogP contribution is 2.24. The minimum absolute atomic E-state index is 0.137. The largest absolute Gasteiger partial charge is 0.355 e. The summed E-state index contributed by atoms with van der Waals surface area (Å²) in [7, 11) is 0. The number of pyridine rings is 1. The van der Waals surface area contributed by atoms with E-state index >= 15 is 0 Å². The molecule has 2 aromatic rings. The summed E-state index contributed by atoms with van der Waals surface area (Å²) in [5.41, 5.74) is 2.01. The van der Waals surface area contributed by atoms with Crippen LogP contribution in [0, 0.1) is 0 Å². The Kier molecular flexibility index (Phi) is 5.77. The first-order valence-electron chi connectivity index (χ1n) is 8.72. The van der Waals surface area contributed by atoms with Crippen molar-refractivity contribution >= 4 is 22.8 Å². The highest BCUT2D eigenvalue weighted by Gasteiger charge is 2.21. The van der Waals surface area contributed by atoms with E-state index in [1.165, 1.54) is 0 Å². The van der Waals surface area contributed by atoms with E-state index in [1.807, 2.05) is 39.3 Å². The summed E-state index contributed by atoms with van der Waals surface area (Å²) in [5.74, 6) is -0.327. The molecule has 7 nitrogen and oxygen atoms in total. The number of nitrogens with zero attached hydrogens (tertiary/aromatic N) is 3. The van der Waals surface area contributed by atoms with Crippen LogP contribution in [-0.2, 0) is 4.79 Å². The Bertz CT molecular complexity index is 779. The van der Waals surface area contributed by atoms with Crippen molar-refractivity contribution in [3.63, 3.8) is 0 Å². The fraction of sp³-hybridized carbons (Fsp3) is 0.556. The maximum absolute atomic E-state index is 12.8. The van der Waals surface area contributed by atoms with Gasteiger partial charge in [-0.15, -0.1) is 0 Å². The summed E-state index contributed by atoms with van der Waals surface area (Å²) in [6.45, 7) is 12.1. The van der Waals surface area contributed by atoms with Crippen molar-refractivity contribution in [2.24, 2.45) is 0 Å². The zero-order chi connectivity index (χ0) is 18.7. The fourth-order valence-corrected chi connectivity index (χ4v) is 2.57. The molecule has 0 spiro atoms. The van der Waals surface area contributed by atoms with E-state index in [2.05, 4.69) is 20.7 Å². The van der Waals surface area contributed by atoms with Crippen LogP contribution in [0.5, 0.6) is 0 Å². The third-order valence-corrected chi connectivity index (χ3v) is 4.00. The van der Waals surface area contributed by atoms with Crippen molar-refractivity contribution in [1.29, 1.82) is 0 Å². The molecular weight excluding hydrogens is 318 g/mol. The number of carbonyl (C=O) groups excluding carboxylic acids is 2. The first-order chi connectivity index (χ1) is 11.8. The lowest BCUT2D eigenvalue weighted by Crippen LogP contribution is -2.44. The van der Waals surface area contributed by atoms with Crippen LogP contribution < -0.4 is 10.6 Å². The number of nitrogens with one attached hydrogen (secondary N) is 2. The molecular formula is C18H27N5O2. The average molecular weight is 345 g/mol. The van der Waals surface area contributed by atoms with Gasteiger partial charge in [0.15, 0.2) is 5.65 Å². The maximum atomic E-state index is 12.8. The van der Waals surface area contributed by atoms with E-state index in [1.54, 1.807) is 19.2 Å². The fourth-order valence-electron chi connectivity index (χ4n) is 2.57. The van der Waals surface area contributed by atoms with Crippen LogP contribution in [-0.4, -0.2) is 39.2 Å². The molecule has 0 saturated heterocycles. The monoisotopic (exact) mass is 345 g/mol. The van der Waals surface area contributed by atoms with E-state index in [0.717, 1.165) is 5.69 Å². The first kappa shape index (κ1) is 18.9. The summed E-state index contributed by atoms with van der Waals surface area (Å²) >= 11 is 0. The second-order valence-electron chi connectivity index (χ2n) is 6.76.